The standard InChI is InChI=1S/C21H20BrN3O3.ClH/c1-14-21-18(10-19(28-21)20(27)15-2-4-17(22)5-3-15)16(11-23-14)12-24-6-8-25(13-26)9-7-24;/h2-5,10-11,13H,6-9,12H2,1H3;1H. The van der Waals surface area contributed by atoms with Crippen molar-refractivity contribution < 1.29 is 14.0 Å². The topological polar surface area (TPSA) is 66.7 Å². The molecule has 29 heavy (non-hydrogen) atoms. The van der Waals surface area contributed by atoms with Crippen molar-refractivity contribution in [3.8, 4) is 0 Å². The van der Waals surface area contributed by atoms with E-state index in [1.54, 1.807) is 17.0 Å². The second kappa shape index (κ2) is 9.07. The maximum atomic E-state index is 12.8. The van der Waals surface area contributed by atoms with Crippen LogP contribution in [0.4, 0.5) is 0 Å². The SMILES string of the molecule is Cc1ncc(CN2CCN(C=O)CC2)c2cc(C(=O)c3ccc(Br)cc3)oc12.Cl. The van der Waals surface area contributed by atoms with E-state index in [9.17, 15) is 9.59 Å². The van der Waals surface area contributed by atoms with Crippen molar-refractivity contribution in [2.24, 2.45) is 0 Å². The monoisotopic (exact) mass is 477 g/mol. The number of hydrogen-bond acceptors (Lipinski definition) is 5. The zero-order valence-corrected chi connectivity index (χ0v) is 18.3. The van der Waals surface area contributed by atoms with Crippen LogP contribution in [0.15, 0.2) is 45.4 Å². The van der Waals surface area contributed by atoms with E-state index in [1.165, 1.54) is 0 Å². The molecule has 0 spiro atoms. The van der Waals surface area contributed by atoms with Gasteiger partial charge in [0, 0.05) is 54.3 Å². The van der Waals surface area contributed by atoms with Crippen molar-refractivity contribution in [3.05, 3.63) is 63.6 Å². The van der Waals surface area contributed by atoms with Crippen molar-refractivity contribution in [2.45, 2.75) is 13.5 Å². The summed E-state index contributed by atoms with van der Waals surface area (Å²) in [5.74, 6) is 0.175. The maximum absolute atomic E-state index is 12.8. The first kappa shape index (κ1) is 21.5. The Bertz CT molecular complexity index is 1030. The molecule has 1 aromatic carbocycles. The van der Waals surface area contributed by atoms with E-state index in [-0.39, 0.29) is 18.2 Å². The van der Waals surface area contributed by atoms with Crippen LogP contribution in [0.5, 0.6) is 0 Å². The van der Waals surface area contributed by atoms with E-state index >= 15 is 0 Å². The number of rotatable bonds is 5. The summed E-state index contributed by atoms with van der Waals surface area (Å²) < 4.78 is 6.83. The highest BCUT2D eigenvalue weighted by atomic mass is 79.9. The molecular formula is C21H21BrClN3O3. The highest BCUT2D eigenvalue weighted by Gasteiger charge is 2.21. The molecule has 2 aromatic heterocycles. The van der Waals surface area contributed by atoms with Gasteiger partial charge in [0.15, 0.2) is 11.3 Å². The second-order valence-corrected chi connectivity index (χ2v) is 7.89. The number of furan rings is 1. The average Bonchev–Trinajstić information content (AvgIpc) is 3.17. The fraction of sp³-hybridized carbons (Fsp3) is 0.286. The first-order valence-electron chi connectivity index (χ1n) is 9.15. The number of benzene rings is 1. The van der Waals surface area contributed by atoms with Crippen LogP contribution >= 0.6 is 28.3 Å². The highest BCUT2D eigenvalue weighted by Crippen LogP contribution is 2.28. The third-order valence-electron chi connectivity index (χ3n) is 5.10. The Morgan fingerprint density at radius 2 is 1.90 bits per heavy atom. The van der Waals surface area contributed by atoms with Gasteiger partial charge in [0.1, 0.15) is 0 Å². The number of hydrogen-bond donors (Lipinski definition) is 0. The van der Waals surface area contributed by atoms with Crippen LogP contribution < -0.4 is 0 Å². The molecule has 0 bridgehead atoms. The Morgan fingerprint density at radius 3 is 2.55 bits per heavy atom. The van der Waals surface area contributed by atoms with Crippen molar-refractivity contribution >= 4 is 51.5 Å². The van der Waals surface area contributed by atoms with Gasteiger partial charge in [0.2, 0.25) is 12.2 Å². The molecule has 1 fully saturated rings. The van der Waals surface area contributed by atoms with Gasteiger partial charge in [0.05, 0.1) is 5.69 Å². The fourth-order valence-corrected chi connectivity index (χ4v) is 3.71. The van der Waals surface area contributed by atoms with Gasteiger partial charge in [-0.15, -0.1) is 12.4 Å². The van der Waals surface area contributed by atoms with Crippen LogP contribution in [-0.4, -0.2) is 53.2 Å². The van der Waals surface area contributed by atoms with E-state index in [1.807, 2.05) is 31.3 Å². The second-order valence-electron chi connectivity index (χ2n) is 6.98. The molecule has 4 rings (SSSR count). The summed E-state index contributed by atoms with van der Waals surface area (Å²) in [7, 11) is 0. The molecular weight excluding hydrogens is 458 g/mol. The first-order chi connectivity index (χ1) is 13.5. The maximum Gasteiger partial charge on any atom is 0.228 e. The fourth-order valence-electron chi connectivity index (χ4n) is 3.45. The molecule has 3 aromatic rings. The van der Waals surface area contributed by atoms with Crippen molar-refractivity contribution in [2.75, 3.05) is 26.2 Å². The average molecular weight is 479 g/mol. The van der Waals surface area contributed by atoms with Crippen molar-refractivity contribution in [1.29, 1.82) is 0 Å². The lowest BCUT2D eigenvalue weighted by atomic mass is 10.1. The largest absolute Gasteiger partial charge is 0.451 e. The lowest BCUT2D eigenvalue weighted by Gasteiger charge is -2.32. The first-order valence-corrected chi connectivity index (χ1v) is 9.94. The number of halogens is 2. The van der Waals surface area contributed by atoms with E-state index in [0.29, 0.717) is 23.5 Å². The molecule has 1 amide bonds. The summed E-state index contributed by atoms with van der Waals surface area (Å²) in [6.07, 6.45) is 2.76. The van der Waals surface area contributed by atoms with Gasteiger partial charge < -0.3 is 9.32 Å². The van der Waals surface area contributed by atoms with Crippen LogP contribution in [-0.2, 0) is 11.3 Å². The van der Waals surface area contributed by atoms with Crippen molar-refractivity contribution in [1.82, 2.24) is 14.8 Å². The summed E-state index contributed by atoms with van der Waals surface area (Å²) >= 11 is 3.38. The minimum absolute atomic E-state index is 0. The predicted molar refractivity (Wildman–Crippen MR) is 116 cm³/mol. The van der Waals surface area contributed by atoms with E-state index in [0.717, 1.165) is 53.7 Å². The number of piperazine rings is 1. The molecule has 0 radical (unpaired) electrons. The van der Waals surface area contributed by atoms with Crippen LogP contribution in [0, 0.1) is 6.92 Å². The number of fused-ring (bicyclic) bond motifs is 1. The normalized spacial score (nSPS) is 14.6. The smallest absolute Gasteiger partial charge is 0.228 e. The number of carbonyl (C=O) groups excluding carboxylic acids is 2. The number of nitrogens with zero attached hydrogens (tertiary/aromatic N) is 3. The molecule has 1 aliphatic rings. The molecule has 152 valence electrons. The van der Waals surface area contributed by atoms with Gasteiger partial charge in [-0.05, 0) is 42.8 Å². The van der Waals surface area contributed by atoms with Gasteiger partial charge in [0.25, 0.3) is 0 Å². The van der Waals surface area contributed by atoms with Crippen LogP contribution in [0.3, 0.4) is 0 Å². The Labute approximate surface area is 183 Å². The zero-order valence-electron chi connectivity index (χ0n) is 15.9. The molecule has 1 aliphatic heterocycles. The van der Waals surface area contributed by atoms with E-state index in [4.69, 9.17) is 4.42 Å². The molecule has 0 saturated carbocycles. The number of amides is 1. The van der Waals surface area contributed by atoms with Gasteiger partial charge in [-0.25, -0.2) is 0 Å². The summed E-state index contributed by atoms with van der Waals surface area (Å²) in [6.45, 7) is 5.68. The Hall–Kier alpha value is -2.22. The molecule has 3 heterocycles. The minimum Gasteiger partial charge on any atom is -0.451 e. The van der Waals surface area contributed by atoms with Crippen LogP contribution in [0.2, 0.25) is 0 Å². The van der Waals surface area contributed by atoms with E-state index in [2.05, 4.69) is 25.8 Å². The van der Waals surface area contributed by atoms with Gasteiger partial charge >= 0.3 is 0 Å². The van der Waals surface area contributed by atoms with Crippen LogP contribution in [0.1, 0.15) is 27.4 Å². The summed E-state index contributed by atoms with van der Waals surface area (Å²) in [4.78, 5) is 32.2. The van der Waals surface area contributed by atoms with Crippen LogP contribution in [0.25, 0.3) is 11.0 Å². The molecule has 1 saturated heterocycles. The molecule has 0 unspecified atom stereocenters. The predicted octanol–water partition coefficient (Wildman–Crippen LogP) is 3.83. The van der Waals surface area contributed by atoms with Gasteiger partial charge in [-0.2, -0.15) is 0 Å². The lowest BCUT2D eigenvalue weighted by Crippen LogP contribution is -2.45. The summed E-state index contributed by atoms with van der Waals surface area (Å²) in [6, 6.07) is 9.06. The molecule has 0 aliphatic carbocycles. The van der Waals surface area contributed by atoms with Gasteiger partial charge in [-0.1, -0.05) is 15.9 Å². The number of pyridine rings is 1. The third kappa shape index (κ3) is 4.52. The Kier molecular flexibility index (Phi) is 6.72. The van der Waals surface area contributed by atoms with Crippen molar-refractivity contribution in [3.63, 3.8) is 0 Å². The lowest BCUT2D eigenvalue weighted by molar-refractivity contribution is -0.119. The quantitative estimate of drug-likeness (QED) is 0.412. The highest BCUT2D eigenvalue weighted by molar-refractivity contribution is 9.10. The number of carbonyl (C=O) groups is 2. The zero-order chi connectivity index (χ0) is 19.7. The Morgan fingerprint density at radius 1 is 1.21 bits per heavy atom. The Balaban J connectivity index is 0.00000240. The summed E-state index contributed by atoms with van der Waals surface area (Å²) in [5.41, 5.74) is 3.03. The minimum atomic E-state index is -0.145. The van der Waals surface area contributed by atoms with E-state index < -0.39 is 0 Å². The molecule has 8 heteroatoms. The number of aryl methyl sites for hydroxylation is 1. The number of ketones is 1. The third-order valence-corrected chi connectivity index (χ3v) is 5.63. The molecule has 0 atom stereocenters. The molecule has 6 nitrogen and oxygen atoms in total. The molecule has 0 N–H and O–H groups in total. The number of aromatic nitrogens is 1. The van der Waals surface area contributed by atoms with Gasteiger partial charge in [-0.3, -0.25) is 19.5 Å². The summed E-state index contributed by atoms with van der Waals surface area (Å²) in [5, 5.41) is 0.922.